The summed E-state index contributed by atoms with van der Waals surface area (Å²) in [4.78, 5) is 12.3. The van der Waals surface area contributed by atoms with E-state index in [-0.39, 0.29) is 29.6 Å². The number of carbonyl (C=O) groups is 1. The Morgan fingerprint density at radius 3 is 2.10 bits per heavy atom. The highest BCUT2D eigenvalue weighted by molar-refractivity contribution is 7.91. The molecule has 7 heteroatoms. The van der Waals surface area contributed by atoms with Gasteiger partial charge in [-0.3, -0.25) is 4.79 Å². The normalized spacial score (nSPS) is 29.2. The van der Waals surface area contributed by atoms with E-state index in [1.165, 1.54) is 6.26 Å². The van der Waals surface area contributed by atoms with Crippen LogP contribution >= 0.6 is 12.4 Å². The van der Waals surface area contributed by atoms with Crippen LogP contribution in [0.4, 0.5) is 0 Å². The van der Waals surface area contributed by atoms with Crippen molar-refractivity contribution in [2.75, 3.05) is 6.26 Å². The fourth-order valence-electron chi connectivity index (χ4n) is 3.37. The molecule has 124 valence electrons. The predicted octanol–water partition coefficient (Wildman–Crippen LogP) is 1.54. The van der Waals surface area contributed by atoms with Crippen LogP contribution in [0.5, 0.6) is 0 Å². The molecule has 0 aromatic rings. The second-order valence-corrected chi connectivity index (χ2v) is 8.82. The van der Waals surface area contributed by atoms with Crippen LogP contribution in [0.15, 0.2) is 0 Å². The number of nitrogens with two attached hydrogens (primary N) is 1. The lowest BCUT2D eigenvalue weighted by atomic mass is 9.81. The topological polar surface area (TPSA) is 89.3 Å². The summed E-state index contributed by atoms with van der Waals surface area (Å²) in [5.41, 5.74) is 5.51. The quantitative estimate of drug-likeness (QED) is 0.816. The molecule has 0 atom stereocenters. The van der Waals surface area contributed by atoms with Crippen LogP contribution in [-0.2, 0) is 14.6 Å². The SMILES string of the molecule is CS(=O)(=O)C1CCC(NC(=O)C2(N)CCCCC2)CC1.Cl. The van der Waals surface area contributed by atoms with Gasteiger partial charge in [0.15, 0.2) is 0 Å². The first kappa shape index (κ1) is 18.7. The summed E-state index contributed by atoms with van der Waals surface area (Å²) in [7, 11) is -2.95. The molecule has 0 saturated heterocycles. The number of hydrogen-bond acceptors (Lipinski definition) is 4. The van der Waals surface area contributed by atoms with Gasteiger partial charge in [0.1, 0.15) is 9.84 Å². The molecule has 0 heterocycles. The van der Waals surface area contributed by atoms with Gasteiger partial charge in [-0.15, -0.1) is 12.4 Å². The third-order valence-corrected chi connectivity index (χ3v) is 6.50. The highest BCUT2D eigenvalue weighted by Gasteiger charge is 2.37. The number of rotatable bonds is 3. The van der Waals surface area contributed by atoms with Crippen molar-refractivity contribution in [3.8, 4) is 0 Å². The van der Waals surface area contributed by atoms with Gasteiger partial charge < -0.3 is 11.1 Å². The van der Waals surface area contributed by atoms with Crippen molar-refractivity contribution in [2.24, 2.45) is 5.73 Å². The summed E-state index contributed by atoms with van der Waals surface area (Å²) in [6.45, 7) is 0. The van der Waals surface area contributed by atoms with Crippen LogP contribution in [0.25, 0.3) is 0 Å². The molecule has 5 nitrogen and oxygen atoms in total. The van der Waals surface area contributed by atoms with E-state index in [4.69, 9.17) is 5.73 Å². The van der Waals surface area contributed by atoms with E-state index in [9.17, 15) is 13.2 Å². The Labute approximate surface area is 133 Å². The van der Waals surface area contributed by atoms with E-state index in [0.29, 0.717) is 12.8 Å². The minimum Gasteiger partial charge on any atom is -0.352 e. The summed E-state index contributed by atoms with van der Waals surface area (Å²) < 4.78 is 23.0. The number of nitrogens with one attached hydrogen (secondary N) is 1. The molecule has 2 rings (SSSR count). The van der Waals surface area contributed by atoms with Gasteiger partial charge in [0, 0.05) is 12.3 Å². The maximum atomic E-state index is 12.3. The molecule has 1 amide bonds. The van der Waals surface area contributed by atoms with Crippen LogP contribution in [0.2, 0.25) is 0 Å². The summed E-state index contributed by atoms with van der Waals surface area (Å²) in [6.07, 6.45) is 8.77. The second kappa shape index (κ2) is 7.29. The average Bonchev–Trinajstić information content (AvgIpc) is 2.39. The second-order valence-electron chi connectivity index (χ2n) is 6.49. The van der Waals surface area contributed by atoms with Crippen molar-refractivity contribution >= 4 is 28.2 Å². The van der Waals surface area contributed by atoms with Gasteiger partial charge in [-0.05, 0) is 38.5 Å². The van der Waals surface area contributed by atoms with Crippen molar-refractivity contribution in [3.63, 3.8) is 0 Å². The van der Waals surface area contributed by atoms with E-state index < -0.39 is 15.4 Å². The van der Waals surface area contributed by atoms with Crippen molar-refractivity contribution in [1.29, 1.82) is 0 Å². The minimum atomic E-state index is -2.95. The van der Waals surface area contributed by atoms with Crippen LogP contribution in [0, 0.1) is 0 Å². The highest BCUT2D eigenvalue weighted by atomic mass is 35.5. The van der Waals surface area contributed by atoms with E-state index in [2.05, 4.69) is 5.32 Å². The molecule has 3 N–H and O–H groups in total. The maximum absolute atomic E-state index is 12.3. The zero-order valence-corrected chi connectivity index (χ0v) is 14.3. The van der Waals surface area contributed by atoms with Crippen LogP contribution in [0.3, 0.4) is 0 Å². The van der Waals surface area contributed by atoms with E-state index in [1.807, 2.05) is 0 Å². The Morgan fingerprint density at radius 2 is 1.62 bits per heavy atom. The first-order valence-corrected chi connectivity index (χ1v) is 9.55. The number of sulfone groups is 1. The van der Waals surface area contributed by atoms with Crippen LogP contribution in [0.1, 0.15) is 57.8 Å². The Balaban J connectivity index is 0.00000220. The Hall–Kier alpha value is -0.330. The monoisotopic (exact) mass is 338 g/mol. The van der Waals surface area contributed by atoms with Gasteiger partial charge in [-0.2, -0.15) is 0 Å². The van der Waals surface area contributed by atoms with E-state index in [1.54, 1.807) is 0 Å². The Kier molecular flexibility index (Phi) is 6.50. The fourth-order valence-corrected chi connectivity index (χ4v) is 4.50. The summed E-state index contributed by atoms with van der Waals surface area (Å²) in [5, 5.41) is 2.80. The zero-order chi connectivity index (χ0) is 14.8. The lowest BCUT2D eigenvalue weighted by Crippen LogP contribution is -2.57. The molecule has 2 fully saturated rings. The predicted molar refractivity (Wildman–Crippen MR) is 86.3 cm³/mol. The van der Waals surface area contributed by atoms with Crippen molar-refractivity contribution in [1.82, 2.24) is 5.32 Å². The van der Waals surface area contributed by atoms with Gasteiger partial charge >= 0.3 is 0 Å². The maximum Gasteiger partial charge on any atom is 0.240 e. The Bertz CT molecular complexity index is 453. The van der Waals surface area contributed by atoms with Crippen LogP contribution in [-0.4, -0.2) is 37.4 Å². The van der Waals surface area contributed by atoms with E-state index >= 15 is 0 Å². The molecule has 0 spiro atoms. The molecule has 0 bridgehead atoms. The summed E-state index contributed by atoms with van der Waals surface area (Å²) >= 11 is 0. The molecule has 2 aliphatic carbocycles. The first-order chi connectivity index (χ1) is 9.31. The lowest BCUT2D eigenvalue weighted by molar-refractivity contribution is -0.128. The minimum absolute atomic E-state index is 0. The fraction of sp³-hybridized carbons (Fsp3) is 0.929. The van der Waals surface area contributed by atoms with Crippen LogP contribution < -0.4 is 11.1 Å². The molecule has 2 aliphatic rings. The number of amides is 1. The molecule has 2 saturated carbocycles. The van der Waals surface area contributed by atoms with Crippen molar-refractivity contribution in [2.45, 2.75) is 74.6 Å². The third-order valence-electron chi connectivity index (χ3n) is 4.81. The van der Waals surface area contributed by atoms with Gasteiger partial charge in [0.2, 0.25) is 5.91 Å². The largest absolute Gasteiger partial charge is 0.352 e. The molecular weight excluding hydrogens is 312 g/mol. The third kappa shape index (κ3) is 4.83. The molecule has 0 unspecified atom stereocenters. The smallest absolute Gasteiger partial charge is 0.240 e. The number of halogens is 1. The molecular formula is C14H27ClN2O3S. The Morgan fingerprint density at radius 1 is 1.10 bits per heavy atom. The number of hydrogen-bond donors (Lipinski definition) is 2. The first-order valence-electron chi connectivity index (χ1n) is 7.60. The van der Waals surface area contributed by atoms with Crippen molar-refractivity contribution in [3.05, 3.63) is 0 Å². The molecule has 21 heavy (non-hydrogen) atoms. The van der Waals surface area contributed by atoms with Crippen molar-refractivity contribution < 1.29 is 13.2 Å². The highest BCUT2D eigenvalue weighted by Crippen LogP contribution is 2.28. The number of carbonyl (C=O) groups excluding carboxylic acids is 1. The molecule has 0 aromatic carbocycles. The van der Waals surface area contributed by atoms with Gasteiger partial charge in [-0.25, -0.2) is 8.42 Å². The molecule has 0 radical (unpaired) electrons. The molecule has 0 aromatic heterocycles. The van der Waals surface area contributed by atoms with Gasteiger partial charge in [0.05, 0.1) is 10.8 Å². The standard InChI is InChI=1S/C14H26N2O3S.ClH/c1-20(18,19)12-7-5-11(6-8-12)16-13(17)14(15)9-3-2-4-10-14;/h11-12H,2-10,15H2,1H3,(H,16,17);1H. The summed E-state index contributed by atoms with van der Waals surface area (Å²) in [6, 6.07) is 0.0860. The van der Waals surface area contributed by atoms with Gasteiger partial charge in [-0.1, -0.05) is 19.3 Å². The lowest BCUT2D eigenvalue weighted by Gasteiger charge is -2.35. The molecule has 0 aliphatic heterocycles. The summed E-state index contributed by atoms with van der Waals surface area (Å²) in [5.74, 6) is -0.0417. The van der Waals surface area contributed by atoms with Gasteiger partial charge in [0.25, 0.3) is 0 Å². The van der Waals surface area contributed by atoms with E-state index in [0.717, 1.165) is 44.9 Å². The average molecular weight is 339 g/mol. The zero-order valence-electron chi connectivity index (χ0n) is 12.6.